The standard InChI is InChI=1S/C10H16ClN3OS/c1-7(10(12)14-15)6-13-5-4-8-2-3-9(11)16-8/h2-3,7,13,15H,4-6H2,1H3,(H2,12,14). The molecule has 1 aromatic heterocycles. The fourth-order valence-corrected chi connectivity index (χ4v) is 2.31. The molecule has 0 aliphatic rings. The van der Waals surface area contributed by atoms with Gasteiger partial charge in [-0.3, -0.25) is 0 Å². The molecule has 0 aliphatic heterocycles. The molecule has 0 saturated heterocycles. The van der Waals surface area contributed by atoms with E-state index in [2.05, 4.69) is 10.5 Å². The minimum absolute atomic E-state index is 0.0388. The lowest BCUT2D eigenvalue weighted by Gasteiger charge is -2.10. The zero-order chi connectivity index (χ0) is 12.0. The van der Waals surface area contributed by atoms with Crippen molar-refractivity contribution in [1.29, 1.82) is 0 Å². The van der Waals surface area contributed by atoms with E-state index in [4.69, 9.17) is 22.5 Å². The summed E-state index contributed by atoms with van der Waals surface area (Å²) in [6, 6.07) is 3.93. The Balaban J connectivity index is 2.17. The van der Waals surface area contributed by atoms with E-state index in [0.29, 0.717) is 6.54 Å². The van der Waals surface area contributed by atoms with Crippen LogP contribution in [0.3, 0.4) is 0 Å². The predicted octanol–water partition coefficient (Wildman–Crippen LogP) is 1.92. The highest BCUT2D eigenvalue weighted by atomic mass is 35.5. The maximum absolute atomic E-state index is 8.46. The maximum Gasteiger partial charge on any atom is 0.143 e. The number of hydrogen-bond acceptors (Lipinski definition) is 4. The number of halogens is 1. The lowest BCUT2D eigenvalue weighted by atomic mass is 10.1. The molecule has 1 atom stereocenters. The van der Waals surface area contributed by atoms with Crippen molar-refractivity contribution >= 4 is 28.8 Å². The highest BCUT2D eigenvalue weighted by Crippen LogP contribution is 2.21. The number of hydrogen-bond donors (Lipinski definition) is 3. The van der Waals surface area contributed by atoms with Crippen LogP contribution in [0.2, 0.25) is 4.34 Å². The van der Waals surface area contributed by atoms with Crippen molar-refractivity contribution in [2.24, 2.45) is 16.8 Å². The monoisotopic (exact) mass is 261 g/mol. The van der Waals surface area contributed by atoms with Crippen LogP contribution in [0.15, 0.2) is 17.3 Å². The highest BCUT2D eigenvalue weighted by molar-refractivity contribution is 7.16. The number of nitrogens with zero attached hydrogens (tertiary/aromatic N) is 1. The summed E-state index contributed by atoms with van der Waals surface area (Å²) in [4.78, 5) is 1.26. The zero-order valence-corrected chi connectivity index (χ0v) is 10.7. The van der Waals surface area contributed by atoms with Gasteiger partial charge >= 0.3 is 0 Å². The molecule has 0 spiro atoms. The average molecular weight is 262 g/mol. The number of amidine groups is 1. The Morgan fingerprint density at radius 3 is 3.00 bits per heavy atom. The number of nitrogens with two attached hydrogens (primary N) is 1. The van der Waals surface area contributed by atoms with Crippen molar-refractivity contribution in [1.82, 2.24) is 5.32 Å². The van der Waals surface area contributed by atoms with Crippen LogP contribution in [0.4, 0.5) is 0 Å². The molecule has 0 aliphatic carbocycles. The lowest BCUT2D eigenvalue weighted by Crippen LogP contribution is -2.32. The van der Waals surface area contributed by atoms with E-state index in [9.17, 15) is 0 Å². The second-order valence-electron chi connectivity index (χ2n) is 3.59. The number of oxime groups is 1. The topological polar surface area (TPSA) is 70.6 Å². The Labute approximate surface area is 104 Å². The van der Waals surface area contributed by atoms with Gasteiger partial charge in [-0.1, -0.05) is 23.7 Å². The van der Waals surface area contributed by atoms with Gasteiger partial charge in [0.15, 0.2) is 0 Å². The summed E-state index contributed by atoms with van der Waals surface area (Å²) in [7, 11) is 0. The predicted molar refractivity (Wildman–Crippen MR) is 68.5 cm³/mol. The molecule has 0 fully saturated rings. The Morgan fingerprint density at radius 2 is 2.44 bits per heavy atom. The summed E-state index contributed by atoms with van der Waals surface area (Å²) in [5.41, 5.74) is 5.46. The first kappa shape index (κ1) is 13.3. The van der Waals surface area contributed by atoms with Crippen molar-refractivity contribution in [3.8, 4) is 0 Å². The van der Waals surface area contributed by atoms with Gasteiger partial charge in [0.1, 0.15) is 5.84 Å². The van der Waals surface area contributed by atoms with E-state index in [1.165, 1.54) is 4.88 Å². The maximum atomic E-state index is 8.46. The Bertz CT molecular complexity index is 354. The number of thiophene rings is 1. The van der Waals surface area contributed by atoms with Crippen molar-refractivity contribution in [2.75, 3.05) is 13.1 Å². The Morgan fingerprint density at radius 1 is 1.69 bits per heavy atom. The van der Waals surface area contributed by atoms with Crippen LogP contribution in [0.25, 0.3) is 0 Å². The third-order valence-electron chi connectivity index (χ3n) is 2.25. The summed E-state index contributed by atoms with van der Waals surface area (Å²) in [5.74, 6) is 0.295. The van der Waals surface area contributed by atoms with E-state index < -0.39 is 0 Å². The molecule has 16 heavy (non-hydrogen) atoms. The Hall–Kier alpha value is -0.780. The molecule has 6 heteroatoms. The molecule has 90 valence electrons. The molecule has 1 unspecified atom stereocenters. The first-order valence-corrected chi connectivity index (χ1v) is 6.25. The van der Waals surface area contributed by atoms with E-state index in [1.54, 1.807) is 11.3 Å². The van der Waals surface area contributed by atoms with Gasteiger partial charge in [-0.15, -0.1) is 11.3 Å². The summed E-state index contributed by atoms with van der Waals surface area (Å²) < 4.78 is 0.819. The molecular formula is C10H16ClN3OS. The summed E-state index contributed by atoms with van der Waals surface area (Å²) in [6.45, 7) is 3.47. The fourth-order valence-electron chi connectivity index (χ4n) is 1.22. The van der Waals surface area contributed by atoms with Gasteiger partial charge in [0.05, 0.1) is 4.34 Å². The summed E-state index contributed by atoms with van der Waals surface area (Å²) in [6.07, 6.45) is 0.945. The number of rotatable bonds is 6. The van der Waals surface area contributed by atoms with Crippen LogP contribution in [0, 0.1) is 5.92 Å². The summed E-state index contributed by atoms with van der Waals surface area (Å²) >= 11 is 7.42. The van der Waals surface area contributed by atoms with E-state index in [0.717, 1.165) is 17.3 Å². The zero-order valence-electron chi connectivity index (χ0n) is 9.11. The van der Waals surface area contributed by atoms with Gasteiger partial charge in [-0.05, 0) is 25.1 Å². The molecule has 1 heterocycles. The van der Waals surface area contributed by atoms with Crippen molar-refractivity contribution in [2.45, 2.75) is 13.3 Å². The minimum atomic E-state index is 0.0388. The van der Waals surface area contributed by atoms with Crippen LogP contribution in [-0.4, -0.2) is 24.1 Å². The molecule has 0 bridgehead atoms. The van der Waals surface area contributed by atoms with Gasteiger partial charge in [-0.25, -0.2) is 0 Å². The van der Waals surface area contributed by atoms with Gasteiger partial charge < -0.3 is 16.3 Å². The first-order chi connectivity index (χ1) is 7.63. The van der Waals surface area contributed by atoms with Gasteiger partial charge in [0, 0.05) is 17.3 Å². The van der Waals surface area contributed by atoms with Gasteiger partial charge in [0.25, 0.3) is 0 Å². The third-order valence-corrected chi connectivity index (χ3v) is 3.54. The molecule has 0 amide bonds. The average Bonchev–Trinajstić information content (AvgIpc) is 2.69. The molecule has 1 rings (SSSR count). The molecule has 0 saturated carbocycles. The highest BCUT2D eigenvalue weighted by Gasteiger charge is 2.06. The molecular weight excluding hydrogens is 246 g/mol. The normalized spacial score (nSPS) is 14.0. The quantitative estimate of drug-likeness (QED) is 0.241. The van der Waals surface area contributed by atoms with Crippen LogP contribution in [0.1, 0.15) is 11.8 Å². The fraction of sp³-hybridized carbons (Fsp3) is 0.500. The third kappa shape index (κ3) is 4.38. The SMILES string of the molecule is CC(CNCCc1ccc(Cl)s1)/C(N)=N/O. The molecule has 4 nitrogen and oxygen atoms in total. The Kier molecular flexibility index (Phi) is 5.59. The summed E-state index contributed by atoms with van der Waals surface area (Å²) in [5, 5.41) is 14.7. The molecule has 0 radical (unpaired) electrons. The van der Waals surface area contributed by atoms with E-state index >= 15 is 0 Å². The van der Waals surface area contributed by atoms with Crippen LogP contribution in [-0.2, 0) is 6.42 Å². The smallest absolute Gasteiger partial charge is 0.143 e. The molecule has 0 aromatic carbocycles. The molecule has 4 N–H and O–H groups in total. The van der Waals surface area contributed by atoms with E-state index in [1.807, 2.05) is 19.1 Å². The minimum Gasteiger partial charge on any atom is -0.409 e. The van der Waals surface area contributed by atoms with Gasteiger partial charge in [-0.2, -0.15) is 0 Å². The van der Waals surface area contributed by atoms with Crippen molar-refractivity contribution < 1.29 is 5.21 Å². The largest absolute Gasteiger partial charge is 0.409 e. The van der Waals surface area contributed by atoms with Crippen molar-refractivity contribution in [3.63, 3.8) is 0 Å². The van der Waals surface area contributed by atoms with Crippen LogP contribution >= 0.6 is 22.9 Å². The van der Waals surface area contributed by atoms with E-state index in [-0.39, 0.29) is 11.8 Å². The second kappa shape index (κ2) is 6.73. The van der Waals surface area contributed by atoms with Crippen LogP contribution in [0.5, 0.6) is 0 Å². The molecule has 1 aromatic rings. The first-order valence-electron chi connectivity index (χ1n) is 5.06. The van der Waals surface area contributed by atoms with Crippen molar-refractivity contribution in [3.05, 3.63) is 21.3 Å². The van der Waals surface area contributed by atoms with Crippen LogP contribution < -0.4 is 11.1 Å². The number of nitrogens with one attached hydrogen (secondary N) is 1. The van der Waals surface area contributed by atoms with Gasteiger partial charge in [0.2, 0.25) is 0 Å². The lowest BCUT2D eigenvalue weighted by molar-refractivity contribution is 0.314. The second-order valence-corrected chi connectivity index (χ2v) is 5.39.